The summed E-state index contributed by atoms with van der Waals surface area (Å²) in [5, 5.41) is 3.29. The lowest BCUT2D eigenvalue weighted by molar-refractivity contribution is -0.122. The number of halogens is 2. The fourth-order valence-corrected chi connectivity index (χ4v) is 2.62. The lowest BCUT2D eigenvalue weighted by Gasteiger charge is -2.34. The minimum absolute atomic E-state index is 0.00169. The number of piperazine rings is 1. The average molecular weight is 345 g/mol. The molecule has 2 rings (SSSR count). The largest absolute Gasteiger partial charge is 0.355 e. The second kappa shape index (κ2) is 7.76. The molecule has 0 atom stereocenters. The minimum atomic E-state index is -0.231. The molecule has 0 saturated carbocycles. The number of nitrogens with zero attached hydrogens (tertiary/aromatic N) is 3. The van der Waals surface area contributed by atoms with Crippen molar-refractivity contribution in [3.8, 4) is 0 Å². The van der Waals surface area contributed by atoms with Gasteiger partial charge in [-0.1, -0.05) is 23.2 Å². The number of hydrogen-bond donors (Lipinski definition) is 1. The highest BCUT2D eigenvalue weighted by molar-refractivity contribution is 6.34. The zero-order valence-corrected chi connectivity index (χ0v) is 13.8. The lowest BCUT2D eigenvalue weighted by Crippen LogP contribution is -2.51. The first-order chi connectivity index (χ1) is 10.5. The molecule has 1 saturated heterocycles. The highest BCUT2D eigenvalue weighted by Crippen LogP contribution is 2.19. The van der Waals surface area contributed by atoms with Gasteiger partial charge in [-0.05, 0) is 19.1 Å². The van der Waals surface area contributed by atoms with E-state index in [-0.39, 0.29) is 22.7 Å². The predicted molar refractivity (Wildman–Crippen MR) is 85.3 cm³/mol. The van der Waals surface area contributed by atoms with Gasteiger partial charge < -0.3 is 10.2 Å². The van der Waals surface area contributed by atoms with Crippen molar-refractivity contribution in [1.29, 1.82) is 0 Å². The molecular formula is C14H18Cl2N4O2. The molecule has 2 heterocycles. The maximum atomic E-state index is 12.4. The first-order valence-corrected chi connectivity index (χ1v) is 7.87. The van der Waals surface area contributed by atoms with Gasteiger partial charge in [0.1, 0.15) is 10.8 Å². The van der Waals surface area contributed by atoms with Crippen LogP contribution in [-0.2, 0) is 4.79 Å². The van der Waals surface area contributed by atoms with Crippen LogP contribution in [0.1, 0.15) is 17.4 Å². The molecule has 120 valence electrons. The van der Waals surface area contributed by atoms with Gasteiger partial charge in [-0.15, -0.1) is 0 Å². The van der Waals surface area contributed by atoms with Crippen LogP contribution in [-0.4, -0.2) is 65.9 Å². The maximum absolute atomic E-state index is 12.4. The average Bonchev–Trinajstić information content (AvgIpc) is 2.50. The molecule has 0 radical (unpaired) electrons. The van der Waals surface area contributed by atoms with E-state index in [2.05, 4.69) is 10.3 Å². The third-order valence-electron chi connectivity index (χ3n) is 3.42. The van der Waals surface area contributed by atoms with Crippen LogP contribution < -0.4 is 5.32 Å². The van der Waals surface area contributed by atoms with Crippen molar-refractivity contribution in [2.24, 2.45) is 0 Å². The van der Waals surface area contributed by atoms with Gasteiger partial charge in [0.25, 0.3) is 5.91 Å². The summed E-state index contributed by atoms with van der Waals surface area (Å²) in [6, 6.07) is 3.11. The van der Waals surface area contributed by atoms with Crippen LogP contribution in [0.25, 0.3) is 0 Å². The molecule has 2 amide bonds. The molecule has 6 nitrogen and oxygen atoms in total. The van der Waals surface area contributed by atoms with Crippen molar-refractivity contribution in [3.63, 3.8) is 0 Å². The third kappa shape index (κ3) is 4.32. The van der Waals surface area contributed by atoms with E-state index in [0.29, 0.717) is 44.3 Å². The van der Waals surface area contributed by atoms with Crippen molar-refractivity contribution in [1.82, 2.24) is 20.1 Å². The van der Waals surface area contributed by atoms with Gasteiger partial charge in [-0.2, -0.15) is 0 Å². The predicted octanol–water partition coefficient (Wildman–Crippen LogP) is 1.28. The summed E-state index contributed by atoms with van der Waals surface area (Å²) in [6.45, 7) is 5.20. The van der Waals surface area contributed by atoms with E-state index in [0.717, 1.165) is 0 Å². The standard InChI is InChI=1S/C14H18Cl2N4O2/c1-2-17-12(21)9-19-5-7-20(8-6-19)14(22)13-10(15)3-4-11(16)18-13/h3-4H,2,5-9H2,1H3,(H,17,21). The molecule has 22 heavy (non-hydrogen) atoms. The van der Waals surface area contributed by atoms with Crippen LogP contribution in [0, 0.1) is 0 Å². The Labute approximate surface area is 139 Å². The number of carbonyl (C=O) groups is 2. The molecule has 1 aliphatic heterocycles. The second-order valence-electron chi connectivity index (χ2n) is 4.99. The monoisotopic (exact) mass is 344 g/mol. The van der Waals surface area contributed by atoms with Gasteiger partial charge in [0, 0.05) is 32.7 Å². The van der Waals surface area contributed by atoms with Crippen molar-refractivity contribution in [3.05, 3.63) is 28.0 Å². The van der Waals surface area contributed by atoms with Gasteiger partial charge in [0.05, 0.1) is 11.6 Å². The summed E-state index contributed by atoms with van der Waals surface area (Å²) >= 11 is 11.8. The van der Waals surface area contributed by atoms with Crippen molar-refractivity contribution in [2.45, 2.75) is 6.92 Å². The highest BCUT2D eigenvalue weighted by atomic mass is 35.5. The van der Waals surface area contributed by atoms with Crippen LogP contribution in [0.15, 0.2) is 12.1 Å². The first kappa shape index (κ1) is 17.0. The van der Waals surface area contributed by atoms with Gasteiger partial charge in [0.15, 0.2) is 0 Å². The Kier molecular flexibility index (Phi) is 5.99. The highest BCUT2D eigenvalue weighted by Gasteiger charge is 2.25. The van der Waals surface area contributed by atoms with E-state index >= 15 is 0 Å². The van der Waals surface area contributed by atoms with Crippen LogP contribution in [0.4, 0.5) is 0 Å². The van der Waals surface area contributed by atoms with Gasteiger partial charge in [-0.3, -0.25) is 14.5 Å². The summed E-state index contributed by atoms with van der Waals surface area (Å²) in [6.07, 6.45) is 0. The molecule has 0 bridgehead atoms. The zero-order chi connectivity index (χ0) is 16.1. The van der Waals surface area contributed by atoms with E-state index < -0.39 is 0 Å². The summed E-state index contributed by atoms with van der Waals surface area (Å²) in [7, 11) is 0. The Bertz CT molecular complexity index is 560. The molecule has 1 aliphatic rings. The minimum Gasteiger partial charge on any atom is -0.355 e. The topological polar surface area (TPSA) is 65.5 Å². The zero-order valence-electron chi connectivity index (χ0n) is 12.3. The summed E-state index contributed by atoms with van der Waals surface area (Å²) in [5.41, 5.74) is 0.173. The van der Waals surface area contributed by atoms with Crippen molar-refractivity contribution in [2.75, 3.05) is 39.3 Å². The molecule has 1 aromatic heterocycles. The number of amides is 2. The normalized spacial score (nSPS) is 15.7. The Hall–Kier alpha value is -1.37. The SMILES string of the molecule is CCNC(=O)CN1CCN(C(=O)c2nc(Cl)ccc2Cl)CC1. The van der Waals surface area contributed by atoms with E-state index in [1.807, 2.05) is 11.8 Å². The number of rotatable bonds is 4. The van der Waals surface area contributed by atoms with Crippen LogP contribution in [0.5, 0.6) is 0 Å². The fourth-order valence-electron chi connectivity index (χ4n) is 2.28. The van der Waals surface area contributed by atoms with Crippen LogP contribution >= 0.6 is 23.2 Å². The van der Waals surface area contributed by atoms with E-state index in [1.165, 1.54) is 0 Å². The van der Waals surface area contributed by atoms with Crippen molar-refractivity contribution >= 4 is 35.0 Å². The number of pyridine rings is 1. The Morgan fingerprint density at radius 2 is 1.91 bits per heavy atom. The number of hydrogen-bond acceptors (Lipinski definition) is 4. The van der Waals surface area contributed by atoms with Gasteiger partial charge >= 0.3 is 0 Å². The molecule has 0 unspecified atom stereocenters. The number of aromatic nitrogens is 1. The number of nitrogens with one attached hydrogen (secondary N) is 1. The molecular weight excluding hydrogens is 327 g/mol. The van der Waals surface area contributed by atoms with E-state index in [1.54, 1.807) is 17.0 Å². The second-order valence-corrected chi connectivity index (χ2v) is 5.78. The quantitative estimate of drug-likeness (QED) is 0.835. The van der Waals surface area contributed by atoms with Crippen molar-refractivity contribution < 1.29 is 9.59 Å². The Morgan fingerprint density at radius 3 is 2.55 bits per heavy atom. The van der Waals surface area contributed by atoms with E-state index in [4.69, 9.17) is 23.2 Å². The van der Waals surface area contributed by atoms with Crippen LogP contribution in [0.3, 0.4) is 0 Å². The third-order valence-corrected chi connectivity index (χ3v) is 3.93. The van der Waals surface area contributed by atoms with E-state index in [9.17, 15) is 9.59 Å². The molecule has 0 spiro atoms. The fraction of sp³-hybridized carbons (Fsp3) is 0.500. The first-order valence-electron chi connectivity index (χ1n) is 7.11. The van der Waals surface area contributed by atoms with Crippen LogP contribution in [0.2, 0.25) is 10.2 Å². The molecule has 1 aromatic rings. The Morgan fingerprint density at radius 1 is 1.23 bits per heavy atom. The molecule has 0 aromatic carbocycles. The Balaban J connectivity index is 1.92. The number of likely N-dealkylation sites (N-methyl/N-ethyl adjacent to an activating group) is 1. The molecule has 0 aliphatic carbocycles. The van der Waals surface area contributed by atoms with Gasteiger partial charge in [0.2, 0.25) is 5.91 Å². The maximum Gasteiger partial charge on any atom is 0.274 e. The lowest BCUT2D eigenvalue weighted by atomic mass is 10.2. The molecule has 8 heteroatoms. The number of carbonyl (C=O) groups excluding carboxylic acids is 2. The summed E-state index contributed by atoms with van der Waals surface area (Å²) in [4.78, 5) is 31.7. The molecule has 1 N–H and O–H groups in total. The summed E-state index contributed by atoms with van der Waals surface area (Å²) in [5.74, 6) is -0.230. The summed E-state index contributed by atoms with van der Waals surface area (Å²) < 4.78 is 0. The van der Waals surface area contributed by atoms with Gasteiger partial charge in [-0.25, -0.2) is 4.98 Å². The smallest absolute Gasteiger partial charge is 0.274 e. The molecule has 1 fully saturated rings.